The Morgan fingerprint density at radius 2 is 2.00 bits per heavy atom. The predicted octanol–water partition coefficient (Wildman–Crippen LogP) is 3.08. The van der Waals surface area contributed by atoms with Crippen molar-refractivity contribution < 1.29 is 4.79 Å². The lowest BCUT2D eigenvalue weighted by Gasteiger charge is -2.36. The molecule has 0 spiro atoms. The van der Waals surface area contributed by atoms with E-state index < -0.39 is 0 Å². The third-order valence-electron chi connectivity index (χ3n) is 4.51. The van der Waals surface area contributed by atoms with Crippen LogP contribution in [0.5, 0.6) is 0 Å². The zero-order valence-electron chi connectivity index (χ0n) is 13.5. The number of amides is 1. The lowest BCUT2D eigenvalue weighted by molar-refractivity contribution is -0.134. The van der Waals surface area contributed by atoms with E-state index in [-0.39, 0.29) is 18.0 Å². The fourth-order valence-corrected chi connectivity index (χ4v) is 3.04. The molecule has 3 nitrogen and oxygen atoms in total. The van der Waals surface area contributed by atoms with Gasteiger partial charge in [-0.05, 0) is 43.2 Å². The van der Waals surface area contributed by atoms with Gasteiger partial charge >= 0.3 is 0 Å². The minimum absolute atomic E-state index is 0.257. The largest absolute Gasteiger partial charge is 0.340 e. The fraction of sp³-hybridized carbons (Fsp3) is 0.611. The molecule has 1 heterocycles. The number of hydrogen-bond donors (Lipinski definition) is 1. The molecule has 1 fully saturated rings. The molecule has 0 radical (unpaired) electrons. The van der Waals surface area contributed by atoms with Crippen molar-refractivity contribution in [2.45, 2.75) is 64.5 Å². The van der Waals surface area contributed by atoms with Crippen LogP contribution in [0.1, 0.15) is 57.1 Å². The summed E-state index contributed by atoms with van der Waals surface area (Å²) in [6.07, 6.45) is 3.28. The van der Waals surface area contributed by atoms with Crippen molar-refractivity contribution in [3.63, 3.8) is 0 Å². The molecule has 1 aliphatic rings. The first kappa shape index (κ1) is 16.0. The molecule has 1 aromatic rings. The summed E-state index contributed by atoms with van der Waals surface area (Å²) in [6.45, 7) is 7.31. The molecule has 2 atom stereocenters. The highest BCUT2D eigenvalue weighted by molar-refractivity contribution is 5.76. The first-order chi connectivity index (χ1) is 9.97. The van der Waals surface area contributed by atoms with E-state index in [0.717, 1.165) is 25.8 Å². The molecule has 1 saturated heterocycles. The van der Waals surface area contributed by atoms with Crippen LogP contribution in [0.3, 0.4) is 0 Å². The van der Waals surface area contributed by atoms with E-state index in [1.165, 1.54) is 11.1 Å². The molecule has 21 heavy (non-hydrogen) atoms. The van der Waals surface area contributed by atoms with Gasteiger partial charge in [0.15, 0.2) is 0 Å². The number of nitrogens with zero attached hydrogens (tertiary/aromatic N) is 1. The van der Waals surface area contributed by atoms with Gasteiger partial charge in [0, 0.05) is 25.0 Å². The van der Waals surface area contributed by atoms with Crippen LogP contribution in [0.15, 0.2) is 24.3 Å². The topological polar surface area (TPSA) is 46.3 Å². The van der Waals surface area contributed by atoms with Crippen molar-refractivity contribution in [3.8, 4) is 0 Å². The summed E-state index contributed by atoms with van der Waals surface area (Å²) >= 11 is 0. The summed E-state index contributed by atoms with van der Waals surface area (Å²) in [5, 5.41) is 0. The predicted molar refractivity (Wildman–Crippen MR) is 87.2 cm³/mol. The molecular formula is C18H28N2O. The Hall–Kier alpha value is -1.35. The number of rotatable bonds is 4. The highest BCUT2D eigenvalue weighted by Gasteiger charge is 2.26. The van der Waals surface area contributed by atoms with E-state index in [1.807, 2.05) is 4.90 Å². The number of carbonyl (C=O) groups is 1. The molecule has 2 rings (SSSR count). The summed E-state index contributed by atoms with van der Waals surface area (Å²) in [5.41, 5.74) is 8.55. The number of aryl methyl sites for hydroxylation is 1. The van der Waals surface area contributed by atoms with Gasteiger partial charge < -0.3 is 10.6 Å². The smallest absolute Gasteiger partial charge is 0.223 e. The third kappa shape index (κ3) is 4.31. The second-order valence-corrected chi connectivity index (χ2v) is 6.62. The average molecular weight is 288 g/mol. The molecule has 0 unspecified atom stereocenters. The molecule has 0 saturated carbocycles. The second-order valence-electron chi connectivity index (χ2n) is 6.62. The van der Waals surface area contributed by atoms with E-state index in [0.29, 0.717) is 12.3 Å². The zero-order valence-corrected chi connectivity index (χ0v) is 13.5. The first-order valence-electron chi connectivity index (χ1n) is 8.11. The van der Waals surface area contributed by atoms with Crippen LogP contribution >= 0.6 is 0 Å². The Morgan fingerprint density at radius 3 is 2.57 bits per heavy atom. The summed E-state index contributed by atoms with van der Waals surface area (Å²) in [6, 6.07) is 9.19. The highest BCUT2D eigenvalue weighted by atomic mass is 16.2. The fourth-order valence-electron chi connectivity index (χ4n) is 3.04. The van der Waals surface area contributed by atoms with E-state index >= 15 is 0 Å². The Kier molecular flexibility index (Phi) is 5.40. The van der Waals surface area contributed by atoms with Gasteiger partial charge in [-0.15, -0.1) is 0 Å². The van der Waals surface area contributed by atoms with Crippen LogP contribution in [0.4, 0.5) is 0 Å². The van der Waals surface area contributed by atoms with E-state index in [1.54, 1.807) is 0 Å². The van der Waals surface area contributed by atoms with Crippen LogP contribution < -0.4 is 5.73 Å². The van der Waals surface area contributed by atoms with Crippen LogP contribution in [0.25, 0.3) is 0 Å². The summed E-state index contributed by atoms with van der Waals surface area (Å²) in [5.74, 6) is 0.821. The van der Waals surface area contributed by atoms with Gasteiger partial charge in [-0.1, -0.05) is 38.1 Å². The molecular weight excluding hydrogens is 260 g/mol. The van der Waals surface area contributed by atoms with Crippen molar-refractivity contribution in [2.75, 3.05) is 6.54 Å². The van der Waals surface area contributed by atoms with Crippen molar-refractivity contribution in [1.82, 2.24) is 4.90 Å². The van der Waals surface area contributed by atoms with E-state index in [4.69, 9.17) is 5.73 Å². The minimum atomic E-state index is 0.257. The van der Waals surface area contributed by atoms with E-state index in [2.05, 4.69) is 45.0 Å². The summed E-state index contributed by atoms with van der Waals surface area (Å²) < 4.78 is 0. The quantitative estimate of drug-likeness (QED) is 0.925. The maximum Gasteiger partial charge on any atom is 0.223 e. The van der Waals surface area contributed by atoms with Crippen molar-refractivity contribution in [1.29, 1.82) is 0 Å². The van der Waals surface area contributed by atoms with Gasteiger partial charge in [-0.2, -0.15) is 0 Å². The zero-order chi connectivity index (χ0) is 15.4. The molecule has 1 amide bonds. The molecule has 1 aromatic carbocycles. The lowest BCUT2D eigenvalue weighted by Crippen LogP contribution is -2.48. The maximum atomic E-state index is 12.3. The van der Waals surface area contributed by atoms with Gasteiger partial charge in [0.2, 0.25) is 5.91 Å². The van der Waals surface area contributed by atoms with Gasteiger partial charge in [0.05, 0.1) is 0 Å². The van der Waals surface area contributed by atoms with Crippen molar-refractivity contribution >= 4 is 5.91 Å². The number of hydrogen-bond acceptors (Lipinski definition) is 2. The Bertz CT molecular complexity index is 467. The monoisotopic (exact) mass is 288 g/mol. The molecule has 0 aliphatic carbocycles. The van der Waals surface area contributed by atoms with Gasteiger partial charge in [-0.25, -0.2) is 0 Å². The highest BCUT2D eigenvalue weighted by Crippen LogP contribution is 2.19. The van der Waals surface area contributed by atoms with Crippen molar-refractivity contribution in [2.24, 2.45) is 5.73 Å². The van der Waals surface area contributed by atoms with Crippen LogP contribution in [0, 0.1) is 0 Å². The number of carbonyl (C=O) groups excluding carboxylic acids is 1. The van der Waals surface area contributed by atoms with Gasteiger partial charge in [0.1, 0.15) is 0 Å². The minimum Gasteiger partial charge on any atom is -0.340 e. The number of benzene rings is 1. The second kappa shape index (κ2) is 7.08. The maximum absolute atomic E-state index is 12.3. The number of piperidine rings is 1. The SMILES string of the molecule is CC(C)c1ccc(CCC(=O)N2CC[C@H](N)C[C@@H]2C)cc1. The normalized spacial score (nSPS) is 22.6. The third-order valence-corrected chi connectivity index (χ3v) is 4.51. The summed E-state index contributed by atoms with van der Waals surface area (Å²) in [4.78, 5) is 14.4. The number of nitrogens with two attached hydrogens (primary N) is 1. The molecule has 116 valence electrons. The van der Waals surface area contributed by atoms with Crippen molar-refractivity contribution in [3.05, 3.63) is 35.4 Å². The van der Waals surface area contributed by atoms with Crippen LogP contribution in [0.2, 0.25) is 0 Å². The standard InChI is InChI=1S/C18H28N2O/c1-13(2)16-7-4-15(5-8-16)6-9-18(21)20-11-10-17(19)12-14(20)3/h4-5,7-8,13-14,17H,6,9-12,19H2,1-3H3/t14-,17-/m0/s1. The van der Waals surface area contributed by atoms with Crippen LogP contribution in [-0.2, 0) is 11.2 Å². The molecule has 0 aromatic heterocycles. The van der Waals surface area contributed by atoms with Crippen LogP contribution in [-0.4, -0.2) is 29.4 Å². The van der Waals surface area contributed by atoms with Gasteiger partial charge in [-0.3, -0.25) is 4.79 Å². The first-order valence-corrected chi connectivity index (χ1v) is 8.11. The summed E-state index contributed by atoms with van der Waals surface area (Å²) in [7, 11) is 0. The molecule has 3 heteroatoms. The van der Waals surface area contributed by atoms with Gasteiger partial charge in [0.25, 0.3) is 0 Å². The van der Waals surface area contributed by atoms with E-state index in [9.17, 15) is 4.79 Å². The molecule has 0 bridgehead atoms. The average Bonchev–Trinajstić information content (AvgIpc) is 2.45. The Morgan fingerprint density at radius 1 is 1.33 bits per heavy atom. The Balaban J connectivity index is 1.86. The Labute approximate surface area is 128 Å². The molecule has 2 N–H and O–H groups in total. The lowest BCUT2D eigenvalue weighted by atomic mass is 9.97. The number of likely N-dealkylation sites (tertiary alicyclic amines) is 1. The molecule has 1 aliphatic heterocycles.